The number of carbonyl (C=O) groups excluding carboxylic acids is 2. The first-order chi connectivity index (χ1) is 14.1. The zero-order chi connectivity index (χ0) is 20.6. The van der Waals surface area contributed by atoms with Gasteiger partial charge in [0.05, 0.1) is 28.9 Å². The van der Waals surface area contributed by atoms with Crippen molar-refractivity contribution in [2.75, 3.05) is 24.8 Å². The first-order valence-electron chi connectivity index (χ1n) is 10.5. The number of hydrogen-bond donors (Lipinski definition) is 1. The van der Waals surface area contributed by atoms with Crippen LogP contribution >= 0.6 is 23.1 Å². The summed E-state index contributed by atoms with van der Waals surface area (Å²) in [6.45, 7) is 2.17. The van der Waals surface area contributed by atoms with Gasteiger partial charge in [0.2, 0.25) is 0 Å². The van der Waals surface area contributed by atoms with Crippen LogP contribution < -0.4 is 5.32 Å². The maximum Gasteiger partial charge on any atom is 0.324 e. The topological polar surface area (TPSA) is 80.8 Å². The zero-order valence-electron chi connectivity index (χ0n) is 17.2. The maximum atomic E-state index is 13.2. The molecule has 3 rings (SSSR count). The van der Waals surface area contributed by atoms with Crippen molar-refractivity contribution in [1.82, 2.24) is 9.88 Å². The highest BCUT2D eigenvalue weighted by atomic mass is 32.2. The summed E-state index contributed by atoms with van der Waals surface area (Å²) in [6.07, 6.45) is 10.5. The lowest BCUT2D eigenvalue weighted by atomic mass is 9.91. The van der Waals surface area contributed by atoms with Crippen molar-refractivity contribution in [2.24, 2.45) is 0 Å². The zero-order valence-corrected chi connectivity index (χ0v) is 18.9. The minimum atomic E-state index is -0.240. The van der Waals surface area contributed by atoms with E-state index in [9.17, 15) is 9.59 Å². The van der Waals surface area contributed by atoms with E-state index >= 15 is 0 Å². The van der Waals surface area contributed by atoms with Crippen LogP contribution in [-0.4, -0.2) is 59.5 Å². The van der Waals surface area contributed by atoms with Crippen LogP contribution in [0.4, 0.5) is 9.93 Å². The van der Waals surface area contributed by atoms with Gasteiger partial charge in [-0.15, -0.1) is 11.8 Å². The van der Waals surface area contributed by atoms with Crippen LogP contribution in [0.3, 0.4) is 0 Å². The molecule has 0 aromatic carbocycles. The highest BCUT2D eigenvalue weighted by Crippen LogP contribution is 2.33. The van der Waals surface area contributed by atoms with Gasteiger partial charge in [-0.05, 0) is 45.4 Å². The number of nitrogens with zero attached hydrogens (tertiary/aromatic N) is 2. The molecular weight excluding hydrogens is 410 g/mol. The molecule has 0 aliphatic heterocycles. The Balaban J connectivity index is 1.59. The van der Waals surface area contributed by atoms with Crippen molar-refractivity contribution >= 4 is 40.2 Å². The number of amides is 2. The Hall–Kier alpha value is -1.32. The van der Waals surface area contributed by atoms with Crippen molar-refractivity contribution < 1.29 is 19.1 Å². The molecule has 29 heavy (non-hydrogen) atoms. The molecule has 9 heteroatoms. The summed E-state index contributed by atoms with van der Waals surface area (Å²) in [5.41, 5.74) is 0. The summed E-state index contributed by atoms with van der Waals surface area (Å²) in [5.74, 6) is 0.0101. The normalized spacial score (nSPS) is 22.4. The minimum Gasteiger partial charge on any atom is -0.465 e. The lowest BCUT2D eigenvalue weighted by Crippen LogP contribution is -2.50. The molecule has 1 heterocycles. The van der Waals surface area contributed by atoms with Gasteiger partial charge in [-0.3, -0.25) is 10.1 Å². The molecule has 0 atom stereocenters. The average Bonchev–Trinajstić information content (AvgIpc) is 3.40. The van der Waals surface area contributed by atoms with Gasteiger partial charge in [0.15, 0.2) is 5.13 Å². The molecule has 1 N–H and O–H groups in total. The highest BCUT2D eigenvalue weighted by Gasteiger charge is 2.35. The van der Waals surface area contributed by atoms with Gasteiger partial charge in [-0.25, -0.2) is 9.78 Å². The number of rotatable bonds is 8. The second-order valence-corrected chi connectivity index (χ2v) is 9.83. The van der Waals surface area contributed by atoms with Crippen LogP contribution in [0, 0.1) is 0 Å². The van der Waals surface area contributed by atoms with E-state index in [1.165, 1.54) is 35.9 Å². The molecule has 0 radical (unpaired) electrons. The summed E-state index contributed by atoms with van der Waals surface area (Å²) in [4.78, 5) is 31.1. The largest absolute Gasteiger partial charge is 0.465 e. The monoisotopic (exact) mass is 441 g/mol. The van der Waals surface area contributed by atoms with Crippen LogP contribution in [0.2, 0.25) is 0 Å². The van der Waals surface area contributed by atoms with E-state index in [-0.39, 0.29) is 23.8 Å². The number of ether oxygens (including phenoxy) is 2. The number of methoxy groups -OCH3 is 1. The fraction of sp³-hybridized carbons (Fsp3) is 0.750. The molecular formula is C20H31N3O4S2. The molecule has 0 bridgehead atoms. The van der Waals surface area contributed by atoms with Gasteiger partial charge < -0.3 is 14.4 Å². The summed E-state index contributed by atoms with van der Waals surface area (Å²) < 4.78 is 11.3. The van der Waals surface area contributed by atoms with Gasteiger partial charge in [0.25, 0.3) is 0 Å². The van der Waals surface area contributed by atoms with Crippen molar-refractivity contribution in [2.45, 2.75) is 80.7 Å². The van der Waals surface area contributed by atoms with Crippen LogP contribution in [-0.2, 0) is 14.3 Å². The third-order valence-corrected chi connectivity index (χ3v) is 7.74. The van der Waals surface area contributed by atoms with E-state index in [0.29, 0.717) is 23.9 Å². The SMILES string of the molecule is CCOC(=O)CSc1cnc(NC(=O)N(C2CCCC2)[C@H]2CC[C@H](OC)CC2)s1. The van der Waals surface area contributed by atoms with Crippen LogP contribution in [0.5, 0.6) is 0 Å². The van der Waals surface area contributed by atoms with Gasteiger partial charge in [0, 0.05) is 19.2 Å². The predicted octanol–water partition coefficient (Wildman–Crippen LogP) is 4.53. The van der Waals surface area contributed by atoms with Crippen molar-refractivity contribution in [3.8, 4) is 0 Å². The summed E-state index contributed by atoms with van der Waals surface area (Å²) in [6, 6.07) is 0.535. The van der Waals surface area contributed by atoms with E-state index in [4.69, 9.17) is 9.47 Å². The predicted molar refractivity (Wildman–Crippen MR) is 116 cm³/mol. The van der Waals surface area contributed by atoms with Crippen LogP contribution in [0.1, 0.15) is 58.3 Å². The number of carbonyl (C=O) groups is 2. The average molecular weight is 442 g/mol. The lowest BCUT2D eigenvalue weighted by molar-refractivity contribution is -0.139. The number of hydrogen-bond acceptors (Lipinski definition) is 7. The minimum absolute atomic E-state index is 0.0472. The van der Waals surface area contributed by atoms with Gasteiger partial charge >= 0.3 is 12.0 Å². The Morgan fingerprint density at radius 3 is 2.55 bits per heavy atom. The summed E-state index contributed by atoms with van der Waals surface area (Å²) >= 11 is 2.78. The van der Waals surface area contributed by atoms with E-state index in [1.807, 2.05) is 0 Å². The number of aromatic nitrogens is 1. The number of nitrogens with one attached hydrogen (secondary N) is 1. The molecule has 2 aliphatic carbocycles. The first kappa shape index (κ1) is 22.4. The summed E-state index contributed by atoms with van der Waals surface area (Å²) in [7, 11) is 1.77. The van der Waals surface area contributed by atoms with Gasteiger partial charge in [-0.2, -0.15) is 0 Å². The Morgan fingerprint density at radius 1 is 1.21 bits per heavy atom. The van der Waals surface area contributed by atoms with E-state index in [0.717, 1.165) is 42.7 Å². The smallest absolute Gasteiger partial charge is 0.324 e. The third-order valence-electron chi connectivity index (χ3n) is 5.66. The second kappa shape index (κ2) is 11.2. The number of thioether (sulfide) groups is 1. The molecule has 0 saturated heterocycles. The fourth-order valence-corrected chi connectivity index (χ4v) is 5.90. The van der Waals surface area contributed by atoms with Gasteiger partial charge in [-0.1, -0.05) is 24.2 Å². The van der Waals surface area contributed by atoms with E-state index in [1.54, 1.807) is 20.2 Å². The Morgan fingerprint density at radius 2 is 1.90 bits per heavy atom. The maximum absolute atomic E-state index is 13.2. The summed E-state index contributed by atoms with van der Waals surface area (Å²) in [5, 5.41) is 3.59. The highest BCUT2D eigenvalue weighted by molar-refractivity contribution is 8.01. The molecule has 2 aliphatic rings. The fourth-order valence-electron chi connectivity index (χ4n) is 4.24. The Bertz CT molecular complexity index is 670. The number of urea groups is 1. The van der Waals surface area contributed by atoms with Crippen molar-refractivity contribution in [1.29, 1.82) is 0 Å². The number of esters is 1. The Labute approximate surface area is 180 Å². The van der Waals surface area contributed by atoms with Crippen molar-refractivity contribution in [3.63, 3.8) is 0 Å². The molecule has 162 valence electrons. The molecule has 2 fully saturated rings. The first-order valence-corrected chi connectivity index (χ1v) is 12.3. The second-order valence-electron chi connectivity index (χ2n) is 7.52. The van der Waals surface area contributed by atoms with Crippen molar-refractivity contribution in [3.05, 3.63) is 6.20 Å². The molecule has 2 saturated carbocycles. The molecule has 2 amide bonds. The van der Waals surface area contributed by atoms with Crippen LogP contribution in [0.25, 0.3) is 0 Å². The quantitative estimate of drug-likeness (QED) is 0.471. The number of anilines is 1. The number of thiazole rings is 1. The van der Waals surface area contributed by atoms with E-state index in [2.05, 4.69) is 15.2 Å². The lowest BCUT2D eigenvalue weighted by Gasteiger charge is -2.40. The molecule has 1 aromatic heterocycles. The van der Waals surface area contributed by atoms with E-state index < -0.39 is 0 Å². The molecule has 1 aromatic rings. The van der Waals surface area contributed by atoms with Crippen LogP contribution in [0.15, 0.2) is 10.4 Å². The molecule has 0 unspecified atom stereocenters. The third kappa shape index (κ3) is 6.33. The van der Waals surface area contributed by atoms with Gasteiger partial charge in [0.1, 0.15) is 0 Å². The standard InChI is InChI=1S/C20H31N3O4S2/c1-3-27-17(24)13-28-18-12-21-19(29-18)22-20(25)23(14-6-4-5-7-14)15-8-10-16(26-2)11-9-15/h12,14-16H,3-11,13H2,1-2H3,(H,21,22,25)/t15-,16-. The molecule has 0 spiro atoms. The Kier molecular flexibility index (Phi) is 8.62. The molecule has 7 nitrogen and oxygen atoms in total.